The van der Waals surface area contributed by atoms with Crippen LogP contribution >= 0.6 is 0 Å². The smallest absolute Gasteiger partial charge is 0.0641 e. The van der Waals surface area contributed by atoms with Crippen molar-refractivity contribution < 1.29 is 9.47 Å². The van der Waals surface area contributed by atoms with Crippen molar-refractivity contribution >= 4 is 0 Å². The van der Waals surface area contributed by atoms with Gasteiger partial charge in [-0.25, -0.2) is 0 Å². The average molecular weight is 255 g/mol. The first-order chi connectivity index (χ1) is 8.59. The van der Waals surface area contributed by atoms with Crippen LogP contribution in [0.5, 0.6) is 0 Å². The van der Waals surface area contributed by atoms with Gasteiger partial charge in [0.15, 0.2) is 0 Å². The lowest BCUT2D eigenvalue weighted by Gasteiger charge is -2.39. The van der Waals surface area contributed by atoms with Gasteiger partial charge in [0.25, 0.3) is 0 Å². The molecule has 0 saturated carbocycles. The van der Waals surface area contributed by atoms with Crippen molar-refractivity contribution in [2.24, 2.45) is 0 Å². The SMILES string of the molecule is CCCC1CC(NC2CCOC(C)(C)C2)CCO1. The van der Waals surface area contributed by atoms with Crippen molar-refractivity contribution in [2.45, 2.75) is 83.1 Å². The van der Waals surface area contributed by atoms with E-state index in [1.807, 2.05) is 0 Å². The van der Waals surface area contributed by atoms with Crippen LogP contribution in [-0.4, -0.2) is 37.0 Å². The second-order valence-corrected chi connectivity index (χ2v) is 6.47. The summed E-state index contributed by atoms with van der Waals surface area (Å²) in [4.78, 5) is 0. The van der Waals surface area contributed by atoms with Gasteiger partial charge >= 0.3 is 0 Å². The maximum absolute atomic E-state index is 5.81. The topological polar surface area (TPSA) is 30.5 Å². The quantitative estimate of drug-likeness (QED) is 0.838. The summed E-state index contributed by atoms with van der Waals surface area (Å²) in [5.41, 5.74) is 0.0455. The molecule has 106 valence electrons. The maximum atomic E-state index is 5.81. The molecule has 2 heterocycles. The summed E-state index contributed by atoms with van der Waals surface area (Å²) in [6.45, 7) is 8.46. The fourth-order valence-electron chi connectivity index (χ4n) is 3.26. The van der Waals surface area contributed by atoms with Crippen LogP contribution in [0.15, 0.2) is 0 Å². The Kier molecular flexibility index (Phi) is 5.05. The standard InChI is InChI=1S/C15H29NO2/c1-4-5-14-10-12(6-8-17-14)16-13-7-9-18-15(2,3)11-13/h12-14,16H,4-11H2,1-3H3. The molecule has 3 atom stereocenters. The number of ether oxygens (including phenoxy) is 2. The largest absolute Gasteiger partial charge is 0.378 e. The van der Waals surface area contributed by atoms with Crippen molar-refractivity contribution in [3.05, 3.63) is 0 Å². The molecule has 0 spiro atoms. The maximum Gasteiger partial charge on any atom is 0.0641 e. The van der Waals surface area contributed by atoms with Gasteiger partial charge < -0.3 is 14.8 Å². The first kappa shape index (κ1) is 14.3. The Morgan fingerprint density at radius 2 is 1.94 bits per heavy atom. The third-order valence-electron chi connectivity index (χ3n) is 4.15. The summed E-state index contributed by atoms with van der Waals surface area (Å²) in [5, 5.41) is 3.84. The molecule has 3 unspecified atom stereocenters. The van der Waals surface area contributed by atoms with Crippen LogP contribution in [0.1, 0.15) is 59.3 Å². The third-order valence-corrected chi connectivity index (χ3v) is 4.15. The fourth-order valence-corrected chi connectivity index (χ4v) is 3.26. The normalized spacial score (nSPS) is 36.5. The van der Waals surface area contributed by atoms with Gasteiger partial charge in [-0.15, -0.1) is 0 Å². The zero-order valence-electron chi connectivity index (χ0n) is 12.2. The summed E-state index contributed by atoms with van der Waals surface area (Å²) >= 11 is 0. The molecule has 0 aromatic heterocycles. The Hall–Kier alpha value is -0.120. The fraction of sp³-hybridized carbons (Fsp3) is 1.00. The zero-order chi connectivity index (χ0) is 13.0. The van der Waals surface area contributed by atoms with Crippen molar-refractivity contribution in [3.8, 4) is 0 Å². The van der Waals surface area contributed by atoms with Crippen LogP contribution in [-0.2, 0) is 9.47 Å². The molecule has 2 aliphatic rings. The lowest BCUT2D eigenvalue weighted by atomic mass is 9.92. The molecule has 18 heavy (non-hydrogen) atoms. The minimum absolute atomic E-state index is 0.0455. The lowest BCUT2D eigenvalue weighted by Crippen LogP contribution is -2.49. The minimum Gasteiger partial charge on any atom is -0.378 e. The summed E-state index contributed by atoms with van der Waals surface area (Å²) in [5.74, 6) is 0. The van der Waals surface area contributed by atoms with E-state index in [9.17, 15) is 0 Å². The van der Waals surface area contributed by atoms with Gasteiger partial charge in [0.05, 0.1) is 11.7 Å². The average Bonchev–Trinajstić information content (AvgIpc) is 2.28. The van der Waals surface area contributed by atoms with Crippen molar-refractivity contribution in [3.63, 3.8) is 0 Å². The first-order valence-corrected chi connectivity index (χ1v) is 7.60. The van der Waals surface area contributed by atoms with Gasteiger partial charge in [-0.05, 0) is 46.0 Å². The molecular weight excluding hydrogens is 226 g/mol. The Balaban J connectivity index is 1.78. The lowest BCUT2D eigenvalue weighted by molar-refractivity contribution is -0.0683. The van der Waals surface area contributed by atoms with Gasteiger partial charge in [-0.1, -0.05) is 13.3 Å². The minimum atomic E-state index is 0.0455. The van der Waals surface area contributed by atoms with Gasteiger partial charge in [0.1, 0.15) is 0 Å². The van der Waals surface area contributed by atoms with E-state index < -0.39 is 0 Å². The van der Waals surface area contributed by atoms with Crippen LogP contribution in [0.2, 0.25) is 0 Å². The van der Waals surface area contributed by atoms with E-state index in [0.29, 0.717) is 18.2 Å². The third kappa shape index (κ3) is 4.22. The monoisotopic (exact) mass is 255 g/mol. The van der Waals surface area contributed by atoms with E-state index in [2.05, 4.69) is 26.1 Å². The van der Waals surface area contributed by atoms with Gasteiger partial charge in [0.2, 0.25) is 0 Å². The van der Waals surface area contributed by atoms with Crippen LogP contribution in [0.4, 0.5) is 0 Å². The molecule has 2 rings (SSSR count). The number of rotatable bonds is 4. The van der Waals surface area contributed by atoms with Gasteiger partial charge in [-0.3, -0.25) is 0 Å². The van der Waals surface area contributed by atoms with Crippen LogP contribution < -0.4 is 5.32 Å². The second-order valence-electron chi connectivity index (χ2n) is 6.47. The molecule has 0 aliphatic carbocycles. The van der Waals surface area contributed by atoms with Crippen molar-refractivity contribution in [2.75, 3.05) is 13.2 Å². The molecular formula is C15H29NO2. The Labute approximate surface area is 112 Å². The first-order valence-electron chi connectivity index (χ1n) is 7.60. The predicted octanol–water partition coefficient (Wildman–Crippen LogP) is 2.88. The van der Waals surface area contributed by atoms with Crippen LogP contribution in [0.25, 0.3) is 0 Å². The molecule has 3 heteroatoms. The van der Waals surface area contributed by atoms with E-state index in [-0.39, 0.29) is 5.60 Å². The highest BCUT2D eigenvalue weighted by Crippen LogP contribution is 2.26. The molecule has 2 aliphatic heterocycles. The molecule has 0 amide bonds. The van der Waals surface area contributed by atoms with Gasteiger partial charge in [0, 0.05) is 25.3 Å². The Bertz CT molecular complexity index is 253. The van der Waals surface area contributed by atoms with E-state index >= 15 is 0 Å². The van der Waals surface area contributed by atoms with E-state index in [0.717, 1.165) is 32.5 Å². The molecule has 0 aromatic carbocycles. The molecule has 3 nitrogen and oxygen atoms in total. The molecule has 0 bridgehead atoms. The highest BCUT2D eigenvalue weighted by atomic mass is 16.5. The number of hydrogen-bond donors (Lipinski definition) is 1. The number of hydrogen-bond acceptors (Lipinski definition) is 3. The molecule has 1 N–H and O–H groups in total. The van der Waals surface area contributed by atoms with E-state index in [1.165, 1.54) is 19.3 Å². The van der Waals surface area contributed by atoms with Crippen molar-refractivity contribution in [1.82, 2.24) is 5.32 Å². The summed E-state index contributed by atoms with van der Waals surface area (Å²) in [7, 11) is 0. The van der Waals surface area contributed by atoms with Crippen LogP contribution in [0.3, 0.4) is 0 Å². The molecule has 0 aromatic rings. The molecule has 2 saturated heterocycles. The number of nitrogens with one attached hydrogen (secondary N) is 1. The molecule has 0 radical (unpaired) electrons. The zero-order valence-corrected chi connectivity index (χ0v) is 12.2. The Morgan fingerprint density at radius 1 is 1.17 bits per heavy atom. The van der Waals surface area contributed by atoms with Crippen molar-refractivity contribution in [1.29, 1.82) is 0 Å². The second kappa shape index (κ2) is 6.36. The summed E-state index contributed by atoms with van der Waals surface area (Å²) in [6, 6.07) is 1.27. The Morgan fingerprint density at radius 3 is 2.67 bits per heavy atom. The highest BCUT2D eigenvalue weighted by Gasteiger charge is 2.31. The van der Waals surface area contributed by atoms with E-state index in [1.54, 1.807) is 0 Å². The van der Waals surface area contributed by atoms with E-state index in [4.69, 9.17) is 9.47 Å². The summed E-state index contributed by atoms with van der Waals surface area (Å²) in [6.07, 6.45) is 7.54. The molecule has 2 fully saturated rings. The summed E-state index contributed by atoms with van der Waals surface area (Å²) < 4.78 is 11.6. The van der Waals surface area contributed by atoms with Gasteiger partial charge in [-0.2, -0.15) is 0 Å². The highest BCUT2D eigenvalue weighted by molar-refractivity contribution is 4.87. The predicted molar refractivity (Wildman–Crippen MR) is 73.9 cm³/mol. The van der Waals surface area contributed by atoms with Crippen LogP contribution in [0, 0.1) is 0 Å².